The molecule has 0 aliphatic rings. The summed E-state index contributed by atoms with van der Waals surface area (Å²) in [5.74, 6) is 0.624. The standard InChI is InChI=1S/C13H22N4O4/c1-6-21-11-9(17(18)19)10(14-7-8-20-5)15-12(16-11)13(2,3)4/h6-8H2,1-5H3,(H,14,15,16). The second-order valence-electron chi connectivity index (χ2n) is 5.41. The predicted octanol–water partition coefficient (Wildman–Crippen LogP) is 2.14. The Morgan fingerprint density at radius 3 is 2.48 bits per heavy atom. The Hall–Kier alpha value is -1.96. The molecule has 1 heterocycles. The number of ether oxygens (including phenoxy) is 2. The highest BCUT2D eigenvalue weighted by atomic mass is 16.6. The lowest BCUT2D eigenvalue weighted by Gasteiger charge is -2.19. The second kappa shape index (κ2) is 7.16. The zero-order valence-electron chi connectivity index (χ0n) is 13.1. The third-order valence-corrected chi connectivity index (χ3v) is 2.59. The van der Waals surface area contributed by atoms with E-state index >= 15 is 0 Å². The second-order valence-corrected chi connectivity index (χ2v) is 5.41. The van der Waals surface area contributed by atoms with Crippen LogP contribution in [-0.2, 0) is 10.2 Å². The van der Waals surface area contributed by atoms with E-state index < -0.39 is 4.92 Å². The number of hydrogen-bond donors (Lipinski definition) is 1. The molecule has 1 aromatic rings. The summed E-state index contributed by atoms with van der Waals surface area (Å²) in [5.41, 5.74) is -0.598. The van der Waals surface area contributed by atoms with E-state index in [1.54, 1.807) is 14.0 Å². The van der Waals surface area contributed by atoms with E-state index in [1.807, 2.05) is 20.8 Å². The highest BCUT2D eigenvalue weighted by molar-refractivity contribution is 5.62. The lowest BCUT2D eigenvalue weighted by atomic mass is 9.96. The molecule has 0 aliphatic carbocycles. The molecule has 0 atom stereocenters. The number of anilines is 1. The molecular formula is C13H22N4O4. The molecule has 1 N–H and O–H groups in total. The number of hydrogen-bond acceptors (Lipinski definition) is 7. The summed E-state index contributed by atoms with van der Waals surface area (Å²) in [4.78, 5) is 19.2. The van der Waals surface area contributed by atoms with Gasteiger partial charge in [-0.15, -0.1) is 0 Å². The molecule has 118 valence electrons. The average molecular weight is 298 g/mol. The Labute approximate surface area is 124 Å². The highest BCUT2D eigenvalue weighted by Crippen LogP contribution is 2.34. The molecule has 0 saturated heterocycles. The van der Waals surface area contributed by atoms with Crippen LogP contribution in [-0.4, -0.2) is 41.8 Å². The Morgan fingerprint density at radius 2 is 2.00 bits per heavy atom. The van der Waals surface area contributed by atoms with Crippen molar-refractivity contribution in [3.05, 3.63) is 15.9 Å². The summed E-state index contributed by atoms with van der Waals surface area (Å²) >= 11 is 0. The van der Waals surface area contributed by atoms with E-state index in [2.05, 4.69) is 15.3 Å². The molecule has 8 heteroatoms. The van der Waals surface area contributed by atoms with Crippen molar-refractivity contribution in [3.8, 4) is 5.88 Å². The molecule has 0 amide bonds. The maximum atomic E-state index is 11.3. The van der Waals surface area contributed by atoms with Crippen LogP contribution in [0.3, 0.4) is 0 Å². The number of nitrogens with zero attached hydrogens (tertiary/aromatic N) is 3. The van der Waals surface area contributed by atoms with E-state index in [-0.39, 0.29) is 22.8 Å². The molecule has 1 aromatic heterocycles. The summed E-state index contributed by atoms with van der Waals surface area (Å²) < 4.78 is 10.2. The van der Waals surface area contributed by atoms with E-state index in [0.29, 0.717) is 25.6 Å². The van der Waals surface area contributed by atoms with Crippen LogP contribution in [0.5, 0.6) is 5.88 Å². The number of nitro groups is 1. The van der Waals surface area contributed by atoms with Crippen molar-refractivity contribution in [2.24, 2.45) is 0 Å². The Balaban J connectivity index is 3.33. The first-order valence-electron chi connectivity index (χ1n) is 6.73. The molecule has 8 nitrogen and oxygen atoms in total. The summed E-state index contributed by atoms with van der Waals surface area (Å²) in [6.07, 6.45) is 0. The van der Waals surface area contributed by atoms with Crippen LogP contribution in [0.2, 0.25) is 0 Å². The summed E-state index contributed by atoms with van der Waals surface area (Å²) in [7, 11) is 1.56. The first-order chi connectivity index (χ1) is 9.81. The fourth-order valence-corrected chi connectivity index (χ4v) is 1.57. The molecule has 0 radical (unpaired) electrons. The quantitative estimate of drug-likeness (QED) is 0.467. The average Bonchev–Trinajstić information content (AvgIpc) is 2.37. The van der Waals surface area contributed by atoms with Gasteiger partial charge in [0.15, 0.2) is 0 Å². The zero-order valence-corrected chi connectivity index (χ0v) is 13.1. The van der Waals surface area contributed by atoms with Crippen LogP contribution in [0, 0.1) is 10.1 Å². The van der Waals surface area contributed by atoms with Crippen LogP contribution in [0.25, 0.3) is 0 Å². The van der Waals surface area contributed by atoms with Gasteiger partial charge < -0.3 is 14.8 Å². The topological polar surface area (TPSA) is 99.4 Å². The van der Waals surface area contributed by atoms with Gasteiger partial charge in [0.25, 0.3) is 5.88 Å². The van der Waals surface area contributed by atoms with Gasteiger partial charge in [-0.3, -0.25) is 10.1 Å². The number of methoxy groups -OCH3 is 1. The van der Waals surface area contributed by atoms with Gasteiger partial charge in [0, 0.05) is 19.1 Å². The molecule has 0 fully saturated rings. The fraction of sp³-hybridized carbons (Fsp3) is 0.692. The minimum Gasteiger partial charge on any atom is -0.473 e. The van der Waals surface area contributed by atoms with Crippen molar-refractivity contribution in [2.45, 2.75) is 33.1 Å². The molecular weight excluding hydrogens is 276 g/mol. The van der Waals surface area contributed by atoms with Gasteiger partial charge >= 0.3 is 5.69 Å². The van der Waals surface area contributed by atoms with Crippen LogP contribution in [0.15, 0.2) is 0 Å². The summed E-state index contributed by atoms with van der Waals surface area (Å²) in [6, 6.07) is 0. The number of rotatable bonds is 7. The monoisotopic (exact) mass is 298 g/mol. The maximum absolute atomic E-state index is 11.3. The SMILES string of the molecule is CCOc1nc(C(C)(C)C)nc(NCCOC)c1[N+](=O)[O-]. The van der Waals surface area contributed by atoms with Gasteiger partial charge in [-0.1, -0.05) is 20.8 Å². The smallest absolute Gasteiger partial charge is 0.372 e. The molecule has 0 aliphatic heterocycles. The largest absolute Gasteiger partial charge is 0.473 e. The molecule has 0 saturated carbocycles. The maximum Gasteiger partial charge on any atom is 0.372 e. The minimum absolute atomic E-state index is 0.0117. The molecule has 0 aromatic carbocycles. The first kappa shape index (κ1) is 17.1. The van der Waals surface area contributed by atoms with Crippen molar-refractivity contribution in [1.82, 2.24) is 9.97 Å². The van der Waals surface area contributed by atoms with E-state index in [9.17, 15) is 10.1 Å². The van der Waals surface area contributed by atoms with Gasteiger partial charge in [0.2, 0.25) is 5.82 Å². The van der Waals surface area contributed by atoms with Gasteiger partial charge in [0.1, 0.15) is 5.82 Å². The van der Waals surface area contributed by atoms with Crippen LogP contribution < -0.4 is 10.1 Å². The molecule has 0 unspecified atom stereocenters. The van der Waals surface area contributed by atoms with E-state index in [4.69, 9.17) is 9.47 Å². The zero-order chi connectivity index (χ0) is 16.0. The molecule has 1 rings (SSSR count). The first-order valence-corrected chi connectivity index (χ1v) is 6.73. The fourth-order valence-electron chi connectivity index (χ4n) is 1.57. The van der Waals surface area contributed by atoms with Crippen molar-refractivity contribution < 1.29 is 14.4 Å². The van der Waals surface area contributed by atoms with Gasteiger partial charge in [0.05, 0.1) is 18.1 Å². The predicted molar refractivity (Wildman–Crippen MR) is 78.9 cm³/mol. The lowest BCUT2D eigenvalue weighted by Crippen LogP contribution is -2.20. The summed E-state index contributed by atoms with van der Waals surface area (Å²) in [5, 5.41) is 14.2. The van der Waals surface area contributed by atoms with Crippen molar-refractivity contribution in [1.29, 1.82) is 0 Å². The molecule has 0 spiro atoms. The number of nitrogens with one attached hydrogen (secondary N) is 1. The molecule has 21 heavy (non-hydrogen) atoms. The lowest BCUT2D eigenvalue weighted by molar-refractivity contribution is -0.385. The van der Waals surface area contributed by atoms with Crippen LogP contribution in [0.4, 0.5) is 11.5 Å². The van der Waals surface area contributed by atoms with Crippen LogP contribution >= 0.6 is 0 Å². The third kappa shape index (κ3) is 4.52. The summed E-state index contributed by atoms with van der Waals surface area (Å²) in [6.45, 7) is 8.66. The Bertz CT molecular complexity index is 500. The van der Waals surface area contributed by atoms with Crippen molar-refractivity contribution in [3.63, 3.8) is 0 Å². The third-order valence-electron chi connectivity index (χ3n) is 2.59. The van der Waals surface area contributed by atoms with Crippen LogP contribution in [0.1, 0.15) is 33.5 Å². The van der Waals surface area contributed by atoms with Gasteiger partial charge in [-0.2, -0.15) is 4.98 Å². The Kier molecular flexibility index (Phi) is 5.83. The normalized spacial score (nSPS) is 11.3. The number of aromatic nitrogens is 2. The van der Waals surface area contributed by atoms with E-state index in [1.165, 1.54) is 0 Å². The van der Waals surface area contributed by atoms with Crippen molar-refractivity contribution >= 4 is 11.5 Å². The highest BCUT2D eigenvalue weighted by Gasteiger charge is 2.29. The minimum atomic E-state index is -0.535. The Morgan fingerprint density at radius 1 is 1.33 bits per heavy atom. The van der Waals surface area contributed by atoms with Gasteiger partial charge in [-0.25, -0.2) is 4.98 Å². The van der Waals surface area contributed by atoms with Gasteiger partial charge in [-0.05, 0) is 6.92 Å². The van der Waals surface area contributed by atoms with Crippen molar-refractivity contribution in [2.75, 3.05) is 32.2 Å². The molecule has 0 bridgehead atoms. The van der Waals surface area contributed by atoms with E-state index in [0.717, 1.165) is 0 Å².